The number of aryl methyl sites for hydroxylation is 2. The maximum absolute atomic E-state index is 11.8. The Morgan fingerprint density at radius 1 is 1.32 bits per heavy atom. The lowest BCUT2D eigenvalue weighted by molar-refractivity contribution is 0.0943. The van der Waals surface area contributed by atoms with E-state index in [1.54, 1.807) is 23.0 Å². The summed E-state index contributed by atoms with van der Waals surface area (Å²) in [5.41, 5.74) is 2.52. The van der Waals surface area contributed by atoms with E-state index in [-0.39, 0.29) is 11.9 Å². The zero-order valence-electron chi connectivity index (χ0n) is 11.6. The smallest absolute Gasteiger partial charge is 0.253 e. The maximum Gasteiger partial charge on any atom is 0.253 e. The molecule has 2 aromatic rings. The Labute approximate surface area is 112 Å². The number of nitrogens with one attached hydrogen (secondary N) is 1. The number of pyridine rings is 1. The van der Waals surface area contributed by atoms with Gasteiger partial charge < -0.3 is 5.32 Å². The molecule has 5 heteroatoms. The molecule has 0 aliphatic rings. The molecule has 0 aromatic carbocycles. The van der Waals surface area contributed by atoms with E-state index in [9.17, 15) is 4.79 Å². The summed E-state index contributed by atoms with van der Waals surface area (Å²) >= 11 is 0. The first-order chi connectivity index (χ1) is 8.97. The summed E-state index contributed by atoms with van der Waals surface area (Å²) in [5.74, 6) is 0.606. The van der Waals surface area contributed by atoms with Gasteiger partial charge >= 0.3 is 0 Å². The van der Waals surface area contributed by atoms with Crippen molar-refractivity contribution in [2.75, 3.05) is 0 Å². The molecule has 0 unspecified atom stereocenters. The number of nitrogens with zero attached hydrogens (tertiary/aromatic N) is 3. The standard InChI is InChI=1S/C14H18N4O/c1-9(2)16-14(19)12-5-6-13(15-8-12)18-11(4)7-10(3)17-18/h5-9H,1-4H3,(H,16,19). The van der Waals surface area contributed by atoms with Gasteiger partial charge in [0.25, 0.3) is 5.91 Å². The first-order valence-electron chi connectivity index (χ1n) is 6.28. The van der Waals surface area contributed by atoms with E-state index < -0.39 is 0 Å². The second kappa shape index (κ2) is 5.22. The van der Waals surface area contributed by atoms with Crippen LogP contribution in [0.5, 0.6) is 0 Å². The van der Waals surface area contributed by atoms with Crippen LogP contribution in [0.2, 0.25) is 0 Å². The van der Waals surface area contributed by atoms with Gasteiger partial charge in [0, 0.05) is 17.9 Å². The summed E-state index contributed by atoms with van der Waals surface area (Å²) < 4.78 is 1.76. The van der Waals surface area contributed by atoms with Gasteiger partial charge in [0.05, 0.1) is 11.3 Å². The largest absolute Gasteiger partial charge is 0.350 e. The number of amides is 1. The molecule has 2 rings (SSSR count). The van der Waals surface area contributed by atoms with Crippen molar-refractivity contribution in [3.63, 3.8) is 0 Å². The van der Waals surface area contributed by atoms with Gasteiger partial charge in [0.15, 0.2) is 5.82 Å². The highest BCUT2D eigenvalue weighted by atomic mass is 16.1. The molecular formula is C14H18N4O. The van der Waals surface area contributed by atoms with Gasteiger partial charge in [0.1, 0.15) is 0 Å². The van der Waals surface area contributed by atoms with E-state index in [0.29, 0.717) is 11.4 Å². The molecule has 0 fully saturated rings. The normalized spacial score (nSPS) is 10.8. The number of carbonyl (C=O) groups excluding carboxylic acids is 1. The van der Waals surface area contributed by atoms with Gasteiger partial charge in [-0.15, -0.1) is 0 Å². The third kappa shape index (κ3) is 2.99. The molecule has 0 atom stereocenters. The van der Waals surface area contributed by atoms with Crippen molar-refractivity contribution < 1.29 is 4.79 Å². The van der Waals surface area contributed by atoms with Crippen LogP contribution in [0.4, 0.5) is 0 Å². The molecule has 0 aliphatic carbocycles. The van der Waals surface area contributed by atoms with E-state index in [1.165, 1.54) is 0 Å². The molecule has 0 bridgehead atoms. The van der Waals surface area contributed by atoms with E-state index in [0.717, 1.165) is 11.4 Å². The zero-order valence-corrected chi connectivity index (χ0v) is 11.6. The molecule has 1 amide bonds. The van der Waals surface area contributed by atoms with Crippen LogP contribution in [0, 0.1) is 13.8 Å². The lowest BCUT2D eigenvalue weighted by Crippen LogP contribution is -2.30. The second-order valence-corrected chi connectivity index (χ2v) is 4.87. The fourth-order valence-electron chi connectivity index (χ4n) is 1.85. The van der Waals surface area contributed by atoms with E-state index >= 15 is 0 Å². The van der Waals surface area contributed by atoms with Crippen LogP contribution in [-0.2, 0) is 0 Å². The molecule has 2 heterocycles. The topological polar surface area (TPSA) is 59.8 Å². The molecule has 19 heavy (non-hydrogen) atoms. The Bertz CT molecular complexity index is 584. The predicted molar refractivity (Wildman–Crippen MR) is 73.4 cm³/mol. The minimum atomic E-state index is -0.109. The van der Waals surface area contributed by atoms with Gasteiger partial charge in [-0.05, 0) is 45.9 Å². The van der Waals surface area contributed by atoms with Gasteiger partial charge in [-0.25, -0.2) is 9.67 Å². The average molecular weight is 258 g/mol. The summed E-state index contributed by atoms with van der Waals surface area (Å²) in [6.45, 7) is 7.76. The van der Waals surface area contributed by atoms with Crippen LogP contribution in [0.25, 0.3) is 5.82 Å². The zero-order chi connectivity index (χ0) is 14.0. The van der Waals surface area contributed by atoms with Crippen molar-refractivity contribution in [1.29, 1.82) is 0 Å². The van der Waals surface area contributed by atoms with Crippen LogP contribution in [0.1, 0.15) is 35.6 Å². The van der Waals surface area contributed by atoms with Crippen molar-refractivity contribution in [2.24, 2.45) is 0 Å². The lowest BCUT2D eigenvalue weighted by Gasteiger charge is -2.08. The van der Waals surface area contributed by atoms with Gasteiger partial charge in [-0.1, -0.05) is 0 Å². The van der Waals surface area contributed by atoms with Crippen LogP contribution >= 0.6 is 0 Å². The van der Waals surface area contributed by atoms with Crippen molar-refractivity contribution in [3.05, 3.63) is 41.3 Å². The summed E-state index contributed by atoms with van der Waals surface area (Å²) in [6.07, 6.45) is 1.57. The Morgan fingerprint density at radius 2 is 2.05 bits per heavy atom. The first-order valence-corrected chi connectivity index (χ1v) is 6.28. The van der Waals surface area contributed by atoms with Gasteiger partial charge in [0.2, 0.25) is 0 Å². The molecule has 0 spiro atoms. The van der Waals surface area contributed by atoms with E-state index in [4.69, 9.17) is 0 Å². The van der Waals surface area contributed by atoms with E-state index in [1.807, 2.05) is 33.8 Å². The maximum atomic E-state index is 11.8. The molecule has 0 saturated carbocycles. The fourth-order valence-corrected chi connectivity index (χ4v) is 1.85. The molecule has 1 N–H and O–H groups in total. The summed E-state index contributed by atoms with van der Waals surface area (Å²) in [5, 5.41) is 7.19. The van der Waals surface area contributed by atoms with Crippen LogP contribution in [0.3, 0.4) is 0 Å². The number of hydrogen-bond acceptors (Lipinski definition) is 3. The highest BCUT2D eigenvalue weighted by Gasteiger charge is 2.09. The first kappa shape index (κ1) is 13.3. The Morgan fingerprint density at radius 3 is 2.53 bits per heavy atom. The molecule has 0 aliphatic heterocycles. The molecular weight excluding hydrogens is 240 g/mol. The molecule has 0 radical (unpaired) electrons. The lowest BCUT2D eigenvalue weighted by atomic mass is 10.2. The van der Waals surface area contributed by atoms with E-state index in [2.05, 4.69) is 15.4 Å². The van der Waals surface area contributed by atoms with Crippen LogP contribution < -0.4 is 5.32 Å². The monoisotopic (exact) mass is 258 g/mol. The Balaban J connectivity index is 2.23. The third-order valence-electron chi connectivity index (χ3n) is 2.66. The number of aromatic nitrogens is 3. The number of rotatable bonds is 3. The molecule has 2 aromatic heterocycles. The predicted octanol–water partition coefficient (Wildman–Crippen LogP) is 2.02. The summed E-state index contributed by atoms with van der Waals surface area (Å²) in [4.78, 5) is 16.1. The van der Waals surface area contributed by atoms with Crippen LogP contribution in [-0.4, -0.2) is 26.7 Å². The fraction of sp³-hybridized carbons (Fsp3) is 0.357. The van der Waals surface area contributed by atoms with Crippen molar-refractivity contribution >= 4 is 5.91 Å². The molecule has 100 valence electrons. The summed E-state index contributed by atoms with van der Waals surface area (Å²) in [6, 6.07) is 5.66. The summed E-state index contributed by atoms with van der Waals surface area (Å²) in [7, 11) is 0. The highest BCUT2D eigenvalue weighted by Crippen LogP contribution is 2.10. The van der Waals surface area contributed by atoms with Crippen molar-refractivity contribution in [2.45, 2.75) is 33.7 Å². The van der Waals surface area contributed by atoms with Gasteiger partial charge in [-0.2, -0.15) is 5.10 Å². The Kier molecular flexibility index (Phi) is 3.64. The minimum Gasteiger partial charge on any atom is -0.350 e. The number of carbonyl (C=O) groups is 1. The van der Waals surface area contributed by atoms with Crippen LogP contribution in [0.15, 0.2) is 24.4 Å². The molecule has 5 nitrogen and oxygen atoms in total. The quantitative estimate of drug-likeness (QED) is 0.916. The second-order valence-electron chi connectivity index (χ2n) is 4.87. The van der Waals surface area contributed by atoms with Crippen molar-refractivity contribution in [1.82, 2.24) is 20.1 Å². The third-order valence-corrected chi connectivity index (χ3v) is 2.66. The van der Waals surface area contributed by atoms with Gasteiger partial charge in [-0.3, -0.25) is 4.79 Å². The minimum absolute atomic E-state index is 0.109. The molecule has 0 saturated heterocycles. The number of hydrogen-bond donors (Lipinski definition) is 1. The SMILES string of the molecule is Cc1cc(C)n(-c2ccc(C(=O)NC(C)C)cn2)n1. The highest BCUT2D eigenvalue weighted by molar-refractivity contribution is 5.94. The average Bonchev–Trinajstić information content (AvgIpc) is 2.68. The Hall–Kier alpha value is -2.17. The van der Waals surface area contributed by atoms with Crippen molar-refractivity contribution in [3.8, 4) is 5.82 Å².